The van der Waals surface area contributed by atoms with E-state index < -0.39 is 0 Å². The summed E-state index contributed by atoms with van der Waals surface area (Å²) in [6.45, 7) is 8.18. The number of nitrogens with one attached hydrogen (secondary N) is 1. The molecule has 1 fully saturated rings. The van der Waals surface area contributed by atoms with Crippen molar-refractivity contribution in [1.82, 2.24) is 19.7 Å². The van der Waals surface area contributed by atoms with Gasteiger partial charge in [-0.05, 0) is 45.1 Å². The fraction of sp³-hybridized carbons (Fsp3) is 0.520. The molecule has 0 radical (unpaired) electrons. The Balaban J connectivity index is 1.72. The lowest BCUT2D eigenvalue weighted by Crippen LogP contribution is -2.52. The number of piperazine rings is 1. The molecule has 0 saturated carbocycles. The molecule has 0 spiro atoms. The van der Waals surface area contributed by atoms with Gasteiger partial charge in [-0.2, -0.15) is 0 Å². The molecule has 0 bridgehead atoms. The summed E-state index contributed by atoms with van der Waals surface area (Å²) >= 11 is 2.91. The molecule has 1 aliphatic heterocycles. The van der Waals surface area contributed by atoms with Crippen LogP contribution in [0.2, 0.25) is 0 Å². The predicted molar refractivity (Wildman–Crippen MR) is 143 cm³/mol. The number of benzene rings is 1. The number of nitrogens with zero attached hydrogens (tertiary/aromatic N) is 4. The molecule has 1 saturated heterocycles. The Morgan fingerprint density at radius 1 is 1.19 bits per heavy atom. The number of aromatic nitrogens is 1. The molecule has 0 aliphatic carbocycles. The Bertz CT molecular complexity index is 1100. The van der Waals surface area contributed by atoms with Gasteiger partial charge in [0, 0.05) is 37.0 Å². The third-order valence-corrected chi connectivity index (χ3v) is 8.26. The number of rotatable bonds is 9. The van der Waals surface area contributed by atoms with Crippen molar-refractivity contribution in [2.24, 2.45) is 5.92 Å². The van der Waals surface area contributed by atoms with Crippen LogP contribution in [0.4, 0.5) is 5.13 Å². The van der Waals surface area contributed by atoms with Crippen molar-refractivity contribution < 1.29 is 19.1 Å². The van der Waals surface area contributed by atoms with Crippen LogP contribution in [0.15, 0.2) is 27.4 Å². The number of thiazole rings is 1. The van der Waals surface area contributed by atoms with Gasteiger partial charge in [0.05, 0.1) is 29.6 Å². The van der Waals surface area contributed by atoms with Gasteiger partial charge in [-0.25, -0.2) is 4.98 Å². The number of likely N-dealkylation sites (N-methyl/N-ethyl adjacent to an activating group) is 1. The number of hydrogen-bond donors (Lipinski definition) is 1. The van der Waals surface area contributed by atoms with Crippen LogP contribution in [0.1, 0.15) is 36.2 Å². The van der Waals surface area contributed by atoms with Gasteiger partial charge in [0.25, 0.3) is 5.91 Å². The average Bonchev–Trinajstić information content (AvgIpc) is 3.30. The Kier molecular flexibility index (Phi) is 9.75. The van der Waals surface area contributed by atoms with E-state index in [1.54, 1.807) is 23.1 Å². The summed E-state index contributed by atoms with van der Waals surface area (Å²) in [5, 5.41) is 3.43. The number of methoxy groups -OCH3 is 1. The van der Waals surface area contributed by atoms with E-state index in [0.717, 1.165) is 21.1 Å². The highest BCUT2D eigenvalue weighted by Gasteiger charge is 2.27. The molecular weight excluding hydrogens is 498 g/mol. The van der Waals surface area contributed by atoms with Crippen molar-refractivity contribution in [2.45, 2.75) is 36.3 Å². The fourth-order valence-electron chi connectivity index (χ4n) is 3.69. The molecule has 1 N–H and O–H groups in total. The van der Waals surface area contributed by atoms with Crippen molar-refractivity contribution in [3.63, 3.8) is 0 Å². The van der Waals surface area contributed by atoms with E-state index in [0.29, 0.717) is 49.2 Å². The van der Waals surface area contributed by atoms with Crippen molar-refractivity contribution in [3.05, 3.63) is 29.5 Å². The predicted octanol–water partition coefficient (Wildman–Crippen LogP) is 3.44. The van der Waals surface area contributed by atoms with Gasteiger partial charge < -0.3 is 24.8 Å². The van der Waals surface area contributed by atoms with Crippen LogP contribution < -0.4 is 10.1 Å². The van der Waals surface area contributed by atoms with Gasteiger partial charge in [0.1, 0.15) is 5.75 Å². The van der Waals surface area contributed by atoms with Gasteiger partial charge in [0.15, 0.2) is 5.13 Å². The highest BCUT2D eigenvalue weighted by molar-refractivity contribution is 8.01. The molecule has 1 aromatic carbocycles. The standard InChI is InChI=1S/C25H35N5O4S2/c1-7-16(2)23(32)27-25-26-14-22(36-25)35-20-13-18(19(34-6)12-17(20)3)24(33)30-10-8-29(9-11-30)21(31)15-28(4)5/h12-14,16H,7-11,15H2,1-6H3,(H,26,27,32). The number of hydrogen-bond acceptors (Lipinski definition) is 8. The largest absolute Gasteiger partial charge is 0.496 e. The van der Waals surface area contributed by atoms with E-state index in [1.807, 2.05) is 51.9 Å². The van der Waals surface area contributed by atoms with Gasteiger partial charge in [-0.3, -0.25) is 14.4 Å². The smallest absolute Gasteiger partial charge is 0.257 e. The molecule has 3 amide bonds. The summed E-state index contributed by atoms with van der Waals surface area (Å²) in [7, 11) is 5.30. The molecule has 1 unspecified atom stereocenters. The second-order valence-corrected chi connectivity index (χ2v) is 11.5. The summed E-state index contributed by atoms with van der Waals surface area (Å²) in [5.74, 6) is 0.372. The Morgan fingerprint density at radius 2 is 1.86 bits per heavy atom. The van der Waals surface area contributed by atoms with Crippen LogP contribution >= 0.6 is 23.1 Å². The summed E-state index contributed by atoms with van der Waals surface area (Å²) in [6.07, 6.45) is 2.50. The van der Waals surface area contributed by atoms with Gasteiger partial charge in [0.2, 0.25) is 11.8 Å². The van der Waals surface area contributed by atoms with Crippen LogP contribution in [0.25, 0.3) is 0 Å². The second kappa shape index (κ2) is 12.6. The van der Waals surface area contributed by atoms with E-state index in [1.165, 1.54) is 23.1 Å². The fourth-order valence-corrected chi connectivity index (χ4v) is 5.64. The quantitative estimate of drug-likeness (QED) is 0.528. The number of carbonyl (C=O) groups is 3. The summed E-state index contributed by atoms with van der Waals surface area (Å²) in [6, 6.07) is 3.74. The number of aryl methyl sites for hydroxylation is 1. The topological polar surface area (TPSA) is 95.1 Å². The number of amides is 3. The maximum absolute atomic E-state index is 13.4. The first-order chi connectivity index (χ1) is 17.1. The highest BCUT2D eigenvalue weighted by Crippen LogP contribution is 2.38. The Morgan fingerprint density at radius 3 is 2.47 bits per heavy atom. The summed E-state index contributed by atoms with van der Waals surface area (Å²) in [4.78, 5) is 48.6. The van der Waals surface area contributed by atoms with E-state index in [4.69, 9.17) is 4.74 Å². The first-order valence-electron chi connectivity index (χ1n) is 12.0. The molecule has 2 heterocycles. The molecule has 1 aromatic heterocycles. The first kappa shape index (κ1) is 27.9. The third-order valence-electron chi connectivity index (χ3n) is 6.08. The van der Waals surface area contributed by atoms with Crippen LogP contribution in [-0.2, 0) is 9.59 Å². The molecule has 2 aromatic rings. The van der Waals surface area contributed by atoms with Crippen LogP contribution in [0.5, 0.6) is 5.75 Å². The minimum Gasteiger partial charge on any atom is -0.496 e. The zero-order valence-corrected chi connectivity index (χ0v) is 23.4. The molecule has 11 heteroatoms. The zero-order chi connectivity index (χ0) is 26.4. The maximum atomic E-state index is 13.4. The molecular formula is C25H35N5O4S2. The highest BCUT2D eigenvalue weighted by atomic mass is 32.2. The van der Waals surface area contributed by atoms with Crippen molar-refractivity contribution in [1.29, 1.82) is 0 Å². The van der Waals surface area contributed by atoms with Gasteiger partial charge in [-0.1, -0.05) is 36.9 Å². The molecule has 1 atom stereocenters. The number of ether oxygens (including phenoxy) is 1. The lowest BCUT2D eigenvalue weighted by molar-refractivity contribution is -0.133. The average molecular weight is 534 g/mol. The van der Waals surface area contributed by atoms with Gasteiger partial charge >= 0.3 is 0 Å². The lowest BCUT2D eigenvalue weighted by Gasteiger charge is -2.35. The molecule has 36 heavy (non-hydrogen) atoms. The molecule has 3 rings (SSSR count). The molecule has 196 valence electrons. The van der Waals surface area contributed by atoms with Crippen LogP contribution in [0.3, 0.4) is 0 Å². The van der Waals surface area contributed by atoms with E-state index in [2.05, 4.69) is 10.3 Å². The van der Waals surface area contributed by atoms with Crippen LogP contribution in [0, 0.1) is 12.8 Å². The normalized spacial score (nSPS) is 14.6. The van der Waals surface area contributed by atoms with E-state index in [-0.39, 0.29) is 23.6 Å². The van der Waals surface area contributed by atoms with Crippen molar-refractivity contribution in [2.75, 3.05) is 59.2 Å². The summed E-state index contributed by atoms with van der Waals surface area (Å²) in [5.41, 5.74) is 1.47. The van der Waals surface area contributed by atoms with E-state index >= 15 is 0 Å². The SMILES string of the molecule is CCC(C)C(=O)Nc1ncc(Sc2cc(C(=O)N3CCN(C(=O)CN(C)C)CC3)c(OC)cc2C)s1. The summed E-state index contributed by atoms with van der Waals surface area (Å²) < 4.78 is 6.45. The third kappa shape index (κ3) is 6.98. The second-order valence-electron chi connectivity index (χ2n) is 9.11. The zero-order valence-electron chi connectivity index (χ0n) is 21.8. The van der Waals surface area contributed by atoms with E-state index in [9.17, 15) is 14.4 Å². The monoisotopic (exact) mass is 533 g/mol. The van der Waals surface area contributed by atoms with Crippen LogP contribution in [-0.4, -0.2) is 91.3 Å². The Labute approximate surface area is 221 Å². The number of carbonyl (C=O) groups excluding carboxylic acids is 3. The van der Waals surface area contributed by atoms with Crippen molar-refractivity contribution >= 4 is 46.0 Å². The molecule has 9 nitrogen and oxygen atoms in total. The van der Waals surface area contributed by atoms with Crippen molar-refractivity contribution in [3.8, 4) is 5.75 Å². The Hall–Kier alpha value is -2.63. The minimum absolute atomic E-state index is 0.0413. The first-order valence-corrected chi connectivity index (χ1v) is 13.6. The number of anilines is 1. The molecule has 1 aliphatic rings. The van der Waals surface area contributed by atoms with Gasteiger partial charge in [-0.15, -0.1) is 0 Å². The lowest BCUT2D eigenvalue weighted by atomic mass is 10.1. The maximum Gasteiger partial charge on any atom is 0.257 e. The minimum atomic E-state index is -0.112.